The van der Waals surface area contributed by atoms with Crippen molar-refractivity contribution in [2.75, 3.05) is 18.2 Å². The maximum Gasteiger partial charge on any atom is 0.121 e. The topological polar surface area (TPSA) is 60.2 Å². The number of ether oxygens (including phenoxy) is 1. The molecule has 2 rings (SSSR count). The van der Waals surface area contributed by atoms with Gasteiger partial charge in [-0.1, -0.05) is 0 Å². The van der Waals surface area contributed by atoms with Crippen LogP contribution in [-0.4, -0.2) is 12.1 Å². The van der Waals surface area contributed by atoms with Gasteiger partial charge >= 0.3 is 0 Å². The number of pyridine rings is 1. The summed E-state index contributed by atoms with van der Waals surface area (Å²) in [7, 11) is 1.63. The van der Waals surface area contributed by atoms with Crippen molar-refractivity contribution in [3.8, 4) is 5.75 Å². The molecule has 17 heavy (non-hydrogen) atoms. The van der Waals surface area contributed by atoms with Gasteiger partial charge in [-0.2, -0.15) is 0 Å². The SMILES string of the molecule is COc1ccc(Br)c(Nc2cncc(N)c2)c1. The van der Waals surface area contributed by atoms with Crippen LogP contribution in [0.25, 0.3) is 0 Å². The Bertz CT molecular complexity index is 531. The molecule has 2 aromatic rings. The van der Waals surface area contributed by atoms with Crippen LogP contribution in [0, 0.1) is 0 Å². The molecule has 5 heteroatoms. The molecule has 0 aliphatic heterocycles. The van der Waals surface area contributed by atoms with Crippen molar-refractivity contribution in [2.24, 2.45) is 0 Å². The van der Waals surface area contributed by atoms with Crippen molar-refractivity contribution in [3.05, 3.63) is 41.1 Å². The summed E-state index contributed by atoms with van der Waals surface area (Å²) in [6.07, 6.45) is 3.31. The van der Waals surface area contributed by atoms with Crippen molar-refractivity contribution in [1.82, 2.24) is 4.98 Å². The van der Waals surface area contributed by atoms with E-state index in [9.17, 15) is 0 Å². The quantitative estimate of drug-likeness (QED) is 0.912. The smallest absolute Gasteiger partial charge is 0.121 e. The van der Waals surface area contributed by atoms with Gasteiger partial charge in [0.05, 0.1) is 30.4 Å². The Labute approximate surface area is 108 Å². The molecule has 1 aromatic heterocycles. The average molecular weight is 294 g/mol. The highest BCUT2D eigenvalue weighted by Crippen LogP contribution is 2.29. The highest BCUT2D eigenvalue weighted by molar-refractivity contribution is 9.10. The molecule has 0 atom stereocenters. The van der Waals surface area contributed by atoms with Crippen LogP contribution in [-0.2, 0) is 0 Å². The first-order valence-corrected chi connectivity index (χ1v) is 5.79. The normalized spacial score (nSPS) is 10.0. The lowest BCUT2D eigenvalue weighted by Crippen LogP contribution is -1.95. The van der Waals surface area contributed by atoms with Crippen molar-refractivity contribution in [3.63, 3.8) is 0 Å². The van der Waals surface area contributed by atoms with Gasteiger partial charge in [0.2, 0.25) is 0 Å². The van der Waals surface area contributed by atoms with Crippen molar-refractivity contribution in [1.29, 1.82) is 0 Å². The zero-order chi connectivity index (χ0) is 12.3. The molecule has 0 amide bonds. The fraction of sp³-hybridized carbons (Fsp3) is 0.0833. The van der Waals surface area contributed by atoms with E-state index in [1.54, 1.807) is 19.5 Å². The summed E-state index contributed by atoms with van der Waals surface area (Å²) in [6.45, 7) is 0. The molecule has 3 N–H and O–H groups in total. The number of rotatable bonds is 3. The van der Waals surface area contributed by atoms with Crippen LogP contribution in [0.5, 0.6) is 5.75 Å². The molecule has 0 aliphatic rings. The molecule has 0 unspecified atom stereocenters. The minimum atomic E-state index is 0.619. The van der Waals surface area contributed by atoms with Gasteiger partial charge in [0.1, 0.15) is 5.75 Å². The third-order valence-corrected chi connectivity index (χ3v) is 2.90. The van der Waals surface area contributed by atoms with Crippen LogP contribution >= 0.6 is 15.9 Å². The molecular formula is C12H12BrN3O. The van der Waals surface area contributed by atoms with E-state index in [4.69, 9.17) is 10.5 Å². The lowest BCUT2D eigenvalue weighted by atomic mass is 10.3. The molecule has 0 radical (unpaired) electrons. The summed E-state index contributed by atoms with van der Waals surface area (Å²) in [4.78, 5) is 4.02. The van der Waals surface area contributed by atoms with Crippen LogP contribution in [0.3, 0.4) is 0 Å². The van der Waals surface area contributed by atoms with Gasteiger partial charge in [-0.05, 0) is 34.1 Å². The highest BCUT2D eigenvalue weighted by Gasteiger charge is 2.03. The maximum absolute atomic E-state index is 5.67. The maximum atomic E-state index is 5.67. The Morgan fingerprint density at radius 2 is 2.12 bits per heavy atom. The zero-order valence-corrected chi connectivity index (χ0v) is 10.9. The van der Waals surface area contributed by atoms with Crippen LogP contribution in [0.2, 0.25) is 0 Å². The minimum Gasteiger partial charge on any atom is -0.497 e. The van der Waals surface area contributed by atoms with Crippen molar-refractivity contribution in [2.45, 2.75) is 0 Å². The monoisotopic (exact) mass is 293 g/mol. The van der Waals surface area contributed by atoms with Gasteiger partial charge in [0, 0.05) is 16.7 Å². The first-order chi connectivity index (χ1) is 8.19. The molecule has 88 valence electrons. The number of hydrogen-bond donors (Lipinski definition) is 2. The van der Waals surface area contributed by atoms with E-state index in [-0.39, 0.29) is 0 Å². The Balaban J connectivity index is 2.29. The van der Waals surface area contributed by atoms with E-state index in [0.717, 1.165) is 21.6 Å². The van der Waals surface area contributed by atoms with E-state index in [0.29, 0.717) is 5.69 Å². The Morgan fingerprint density at radius 3 is 2.82 bits per heavy atom. The van der Waals surface area contributed by atoms with E-state index in [1.165, 1.54) is 0 Å². The van der Waals surface area contributed by atoms with Gasteiger partial charge in [0.15, 0.2) is 0 Å². The number of halogens is 1. The molecule has 0 aliphatic carbocycles. The van der Waals surface area contributed by atoms with Crippen LogP contribution in [0.15, 0.2) is 41.1 Å². The van der Waals surface area contributed by atoms with E-state index in [2.05, 4.69) is 26.2 Å². The second-order valence-corrected chi connectivity index (χ2v) is 4.33. The third kappa shape index (κ3) is 2.88. The number of nitrogen functional groups attached to an aromatic ring is 1. The predicted molar refractivity (Wildman–Crippen MR) is 72.6 cm³/mol. The predicted octanol–water partition coefficient (Wildman–Crippen LogP) is 3.18. The first kappa shape index (κ1) is 11.7. The fourth-order valence-corrected chi connectivity index (χ4v) is 1.75. The molecule has 0 fully saturated rings. The number of methoxy groups -OCH3 is 1. The Kier molecular flexibility index (Phi) is 3.49. The number of hydrogen-bond acceptors (Lipinski definition) is 4. The highest BCUT2D eigenvalue weighted by atomic mass is 79.9. The Morgan fingerprint density at radius 1 is 1.29 bits per heavy atom. The van der Waals surface area contributed by atoms with E-state index in [1.807, 2.05) is 24.3 Å². The number of anilines is 3. The molecule has 0 spiro atoms. The van der Waals surface area contributed by atoms with Crippen LogP contribution < -0.4 is 15.8 Å². The molecule has 1 aromatic carbocycles. The zero-order valence-electron chi connectivity index (χ0n) is 9.27. The van der Waals surface area contributed by atoms with Gasteiger partial charge in [-0.3, -0.25) is 4.98 Å². The molecule has 0 saturated heterocycles. The first-order valence-electron chi connectivity index (χ1n) is 5.00. The lowest BCUT2D eigenvalue weighted by Gasteiger charge is -2.10. The summed E-state index contributed by atoms with van der Waals surface area (Å²) >= 11 is 3.47. The van der Waals surface area contributed by atoms with Gasteiger partial charge in [-0.25, -0.2) is 0 Å². The van der Waals surface area contributed by atoms with Crippen LogP contribution in [0.4, 0.5) is 17.1 Å². The van der Waals surface area contributed by atoms with E-state index < -0.39 is 0 Å². The second kappa shape index (κ2) is 5.05. The fourth-order valence-electron chi connectivity index (χ4n) is 1.41. The largest absolute Gasteiger partial charge is 0.497 e. The molecule has 4 nitrogen and oxygen atoms in total. The van der Waals surface area contributed by atoms with Gasteiger partial charge < -0.3 is 15.8 Å². The van der Waals surface area contributed by atoms with Crippen molar-refractivity contribution < 1.29 is 4.74 Å². The standard InChI is InChI=1S/C12H12BrN3O/c1-17-10-2-3-11(13)12(5-10)16-9-4-8(14)6-15-7-9/h2-7,16H,14H2,1H3. The number of nitrogens with zero attached hydrogens (tertiary/aromatic N) is 1. The average Bonchev–Trinajstić information content (AvgIpc) is 2.32. The Hall–Kier alpha value is -1.75. The summed E-state index contributed by atoms with van der Waals surface area (Å²) in [5, 5.41) is 3.22. The minimum absolute atomic E-state index is 0.619. The van der Waals surface area contributed by atoms with E-state index >= 15 is 0 Å². The van der Waals surface area contributed by atoms with Crippen LogP contribution in [0.1, 0.15) is 0 Å². The molecule has 0 saturated carbocycles. The number of benzene rings is 1. The summed E-state index contributed by atoms with van der Waals surface area (Å²) in [6, 6.07) is 7.51. The summed E-state index contributed by atoms with van der Waals surface area (Å²) in [5.41, 5.74) is 8.02. The number of aromatic nitrogens is 1. The third-order valence-electron chi connectivity index (χ3n) is 2.21. The molecule has 0 bridgehead atoms. The molecule has 1 heterocycles. The molecular weight excluding hydrogens is 282 g/mol. The summed E-state index contributed by atoms with van der Waals surface area (Å²) in [5.74, 6) is 0.785. The van der Waals surface area contributed by atoms with Gasteiger partial charge in [0.25, 0.3) is 0 Å². The number of nitrogens with one attached hydrogen (secondary N) is 1. The van der Waals surface area contributed by atoms with Crippen molar-refractivity contribution >= 4 is 33.0 Å². The number of nitrogens with two attached hydrogens (primary N) is 1. The second-order valence-electron chi connectivity index (χ2n) is 3.48. The summed E-state index contributed by atoms with van der Waals surface area (Å²) < 4.78 is 6.12. The van der Waals surface area contributed by atoms with Gasteiger partial charge in [-0.15, -0.1) is 0 Å². The lowest BCUT2D eigenvalue weighted by molar-refractivity contribution is 0.415.